The van der Waals surface area contributed by atoms with E-state index in [1.165, 1.54) is 4.90 Å². The van der Waals surface area contributed by atoms with E-state index in [-0.39, 0.29) is 43.4 Å². The van der Waals surface area contributed by atoms with Gasteiger partial charge in [0.2, 0.25) is 17.6 Å². The summed E-state index contributed by atoms with van der Waals surface area (Å²) in [4.78, 5) is 79.6. The Morgan fingerprint density at radius 2 is 1.58 bits per heavy atom. The van der Waals surface area contributed by atoms with Gasteiger partial charge in [0.05, 0.1) is 12.1 Å². The molecule has 1 aromatic carbocycles. The Bertz CT molecular complexity index is 1310. The normalized spacial score (nSPS) is 19.6. The molecule has 1 aromatic rings. The number of urea groups is 1. The Hall–Kier alpha value is -4.16. The SMILES string of the molecule is CC(C)[C@H](CNC(=O)OCc1ccccc1)NC(=O)N[C@H](C(=O)N1CC[C@H](C(C)C)[C@H]1C(=O)NC(CC1CC1)C(=O)C(N)=O)C(C)(C)C. The lowest BCUT2D eigenvalue weighted by molar-refractivity contribution is -0.144. The topological polar surface area (TPSA) is 189 Å². The number of primary amides is 1. The fourth-order valence-corrected chi connectivity index (χ4v) is 6.02. The van der Waals surface area contributed by atoms with E-state index in [0.717, 1.165) is 18.4 Å². The summed E-state index contributed by atoms with van der Waals surface area (Å²) in [6, 6.07) is 5.23. The van der Waals surface area contributed by atoms with Gasteiger partial charge in [-0.2, -0.15) is 0 Å². The molecule has 1 heterocycles. The molecule has 48 heavy (non-hydrogen) atoms. The van der Waals surface area contributed by atoms with E-state index >= 15 is 0 Å². The van der Waals surface area contributed by atoms with Gasteiger partial charge >= 0.3 is 12.1 Å². The van der Waals surface area contributed by atoms with Crippen LogP contribution in [0.5, 0.6) is 0 Å². The summed E-state index contributed by atoms with van der Waals surface area (Å²) in [6.45, 7) is 13.7. The summed E-state index contributed by atoms with van der Waals surface area (Å²) < 4.78 is 5.28. The van der Waals surface area contributed by atoms with Gasteiger partial charge in [0.25, 0.3) is 5.91 Å². The summed E-state index contributed by atoms with van der Waals surface area (Å²) in [5.74, 6) is -2.90. The first kappa shape index (κ1) is 38.3. The van der Waals surface area contributed by atoms with Gasteiger partial charge < -0.3 is 36.6 Å². The minimum Gasteiger partial charge on any atom is -0.445 e. The first-order valence-electron chi connectivity index (χ1n) is 17.0. The van der Waals surface area contributed by atoms with Crippen molar-refractivity contribution in [2.24, 2.45) is 34.8 Å². The Morgan fingerprint density at radius 3 is 2.12 bits per heavy atom. The van der Waals surface area contributed by atoms with E-state index in [2.05, 4.69) is 21.3 Å². The summed E-state index contributed by atoms with van der Waals surface area (Å²) >= 11 is 0. The molecular weight excluding hydrogens is 616 g/mol. The molecule has 6 amide bonds. The van der Waals surface area contributed by atoms with Crippen molar-refractivity contribution in [3.8, 4) is 0 Å². The lowest BCUT2D eigenvalue weighted by Crippen LogP contribution is -2.62. The number of hydrogen-bond donors (Lipinski definition) is 5. The quantitative estimate of drug-likeness (QED) is 0.177. The largest absolute Gasteiger partial charge is 0.445 e. The Labute approximate surface area is 283 Å². The number of alkyl carbamates (subject to hydrolysis) is 1. The van der Waals surface area contributed by atoms with Crippen LogP contribution in [0, 0.1) is 29.1 Å². The Morgan fingerprint density at radius 1 is 0.938 bits per heavy atom. The van der Waals surface area contributed by atoms with Crippen LogP contribution in [-0.2, 0) is 30.5 Å². The molecule has 13 heteroatoms. The van der Waals surface area contributed by atoms with E-state index in [1.54, 1.807) is 0 Å². The molecular formula is C35H54N6O7. The number of ketones is 1. The Kier molecular flexibility index (Phi) is 13.4. The van der Waals surface area contributed by atoms with Crippen molar-refractivity contribution >= 4 is 35.6 Å². The highest BCUT2D eigenvalue weighted by molar-refractivity contribution is 6.37. The van der Waals surface area contributed by atoms with Gasteiger partial charge in [0, 0.05) is 13.1 Å². The number of carbonyl (C=O) groups excluding carboxylic acids is 6. The van der Waals surface area contributed by atoms with Crippen molar-refractivity contribution in [3.63, 3.8) is 0 Å². The zero-order valence-electron chi connectivity index (χ0n) is 29.3. The van der Waals surface area contributed by atoms with Crippen molar-refractivity contribution in [1.29, 1.82) is 0 Å². The van der Waals surface area contributed by atoms with E-state index < -0.39 is 65.2 Å². The second-order valence-corrected chi connectivity index (χ2v) is 14.9. The van der Waals surface area contributed by atoms with Gasteiger partial charge in [-0.25, -0.2) is 9.59 Å². The van der Waals surface area contributed by atoms with Crippen molar-refractivity contribution in [2.75, 3.05) is 13.1 Å². The molecule has 2 aliphatic rings. The molecule has 0 spiro atoms. The molecule has 3 rings (SSSR count). The first-order chi connectivity index (χ1) is 22.5. The second-order valence-electron chi connectivity index (χ2n) is 14.9. The summed E-state index contributed by atoms with van der Waals surface area (Å²) in [5.41, 5.74) is 5.40. The molecule has 6 N–H and O–H groups in total. The molecule has 0 aromatic heterocycles. The van der Waals surface area contributed by atoms with Crippen molar-refractivity contribution in [3.05, 3.63) is 35.9 Å². The van der Waals surface area contributed by atoms with Crippen LogP contribution in [0.2, 0.25) is 0 Å². The number of benzene rings is 1. The van der Waals surface area contributed by atoms with Crippen LogP contribution in [-0.4, -0.2) is 77.8 Å². The standard InChI is InChI=1S/C35H54N6O7/c1-20(2)24-15-16-41(27(24)31(44)38-25(17-22-13-14-22)28(42)30(36)43)32(45)29(35(5,6)7)40-33(46)39-26(21(3)4)18-37-34(47)48-19-23-11-9-8-10-12-23/h8-12,20-22,24-27,29H,13-19H2,1-7H3,(H2,36,43)(H,37,47)(H,38,44)(H2,39,40,46)/t24-,25?,26+,27+,29-/m1/s1. The maximum absolute atomic E-state index is 14.2. The molecule has 5 atom stereocenters. The molecule has 1 aliphatic heterocycles. The van der Waals surface area contributed by atoms with Crippen LogP contribution in [0.4, 0.5) is 9.59 Å². The van der Waals surface area contributed by atoms with Crippen LogP contribution in [0.25, 0.3) is 0 Å². The average Bonchev–Trinajstić information content (AvgIpc) is 3.72. The monoisotopic (exact) mass is 670 g/mol. The van der Waals surface area contributed by atoms with E-state index in [4.69, 9.17) is 10.5 Å². The highest BCUT2D eigenvalue weighted by Gasteiger charge is 2.48. The van der Waals surface area contributed by atoms with Crippen LogP contribution >= 0.6 is 0 Å². The number of carbonyl (C=O) groups is 6. The van der Waals surface area contributed by atoms with Crippen LogP contribution in [0.1, 0.15) is 79.7 Å². The third kappa shape index (κ3) is 10.9. The lowest BCUT2D eigenvalue weighted by Gasteiger charge is -2.37. The average molecular weight is 671 g/mol. The molecule has 2 fully saturated rings. The minimum absolute atomic E-state index is 0.0373. The number of hydrogen-bond acceptors (Lipinski definition) is 7. The zero-order valence-corrected chi connectivity index (χ0v) is 29.3. The second kappa shape index (κ2) is 16.8. The van der Waals surface area contributed by atoms with Crippen molar-refractivity contribution < 1.29 is 33.5 Å². The molecule has 1 saturated heterocycles. The van der Waals surface area contributed by atoms with E-state index in [0.29, 0.717) is 12.8 Å². The molecule has 0 radical (unpaired) electrons. The smallest absolute Gasteiger partial charge is 0.407 e. The number of nitrogens with two attached hydrogens (primary N) is 1. The first-order valence-corrected chi connectivity index (χ1v) is 17.0. The fraction of sp³-hybridized carbons (Fsp3) is 0.657. The number of amides is 6. The number of ether oxygens (including phenoxy) is 1. The molecule has 1 saturated carbocycles. The van der Waals surface area contributed by atoms with Gasteiger partial charge in [-0.1, -0.05) is 91.6 Å². The zero-order chi connectivity index (χ0) is 35.8. The van der Waals surface area contributed by atoms with Crippen LogP contribution < -0.4 is 27.0 Å². The predicted molar refractivity (Wildman–Crippen MR) is 180 cm³/mol. The Balaban J connectivity index is 1.70. The summed E-state index contributed by atoms with van der Waals surface area (Å²) in [6.07, 6.45) is 2.08. The number of nitrogens with zero attached hydrogens (tertiary/aromatic N) is 1. The van der Waals surface area contributed by atoms with Gasteiger partial charge in [-0.3, -0.25) is 19.2 Å². The van der Waals surface area contributed by atoms with E-state index in [9.17, 15) is 28.8 Å². The molecule has 13 nitrogen and oxygen atoms in total. The highest BCUT2D eigenvalue weighted by Crippen LogP contribution is 2.35. The molecule has 266 valence electrons. The van der Waals surface area contributed by atoms with Crippen LogP contribution in [0.15, 0.2) is 30.3 Å². The summed E-state index contributed by atoms with van der Waals surface area (Å²) in [5, 5.41) is 11.2. The predicted octanol–water partition coefficient (Wildman–Crippen LogP) is 2.86. The number of rotatable bonds is 15. The number of Topliss-reactive ketones (excluding diaryl/α,β-unsaturated/α-hetero) is 1. The van der Waals surface area contributed by atoms with Gasteiger partial charge in [0.15, 0.2) is 0 Å². The molecule has 0 bridgehead atoms. The number of nitrogens with one attached hydrogen (secondary N) is 4. The maximum atomic E-state index is 14.2. The van der Waals surface area contributed by atoms with Gasteiger partial charge in [0.1, 0.15) is 18.7 Å². The van der Waals surface area contributed by atoms with Crippen molar-refractivity contribution in [1.82, 2.24) is 26.2 Å². The molecule has 1 unspecified atom stereocenters. The lowest BCUT2D eigenvalue weighted by atomic mass is 9.84. The third-order valence-electron chi connectivity index (χ3n) is 9.18. The highest BCUT2D eigenvalue weighted by atomic mass is 16.5. The van der Waals surface area contributed by atoms with Crippen molar-refractivity contribution in [2.45, 2.75) is 105 Å². The fourth-order valence-electron chi connectivity index (χ4n) is 6.02. The third-order valence-corrected chi connectivity index (χ3v) is 9.18. The minimum atomic E-state index is -1.11. The molecule has 1 aliphatic carbocycles. The number of likely N-dealkylation sites (tertiary alicyclic amines) is 1. The maximum Gasteiger partial charge on any atom is 0.407 e. The van der Waals surface area contributed by atoms with E-state index in [1.807, 2.05) is 78.8 Å². The van der Waals surface area contributed by atoms with Gasteiger partial charge in [-0.05, 0) is 47.5 Å². The van der Waals surface area contributed by atoms with Gasteiger partial charge in [-0.15, -0.1) is 0 Å². The van der Waals surface area contributed by atoms with Crippen LogP contribution in [0.3, 0.4) is 0 Å². The summed E-state index contributed by atoms with van der Waals surface area (Å²) in [7, 11) is 0.